The van der Waals surface area contributed by atoms with Crippen LogP contribution >= 0.6 is 0 Å². The van der Waals surface area contributed by atoms with Gasteiger partial charge in [-0.15, -0.1) is 0 Å². The van der Waals surface area contributed by atoms with Gasteiger partial charge in [-0.3, -0.25) is 9.80 Å². The summed E-state index contributed by atoms with van der Waals surface area (Å²) in [5, 5.41) is 0. The van der Waals surface area contributed by atoms with Gasteiger partial charge in [0, 0.05) is 26.2 Å². The molecule has 0 saturated carbocycles. The topological polar surface area (TPSA) is 6.48 Å². The average molecular weight is 240 g/mol. The fraction of sp³-hybridized carbons (Fsp3) is 0.375. The number of rotatable bonds is 0. The summed E-state index contributed by atoms with van der Waals surface area (Å²) < 4.78 is 0. The van der Waals surface area contributed by atoms with Crippen molar-refractivity contribution in [2.45, 2.75) is 13.1 Å². The lowest BCUT2D eigenvalue weighted by Gasteiger charge is -2.34. The van der Waals surface area contributed by atoms with Crippen LogP contribution in [0.25, 0.3) is 11.1 Å². The van der Waals surface area contributed by atoms with E-state index in [-0.39, 0.29) is 0 Å². The first-order chi connectivity index (χ1) is 8.56. The van der Waals surface area contributed by atoms with Gasteiger partial charge in [-0.25, -0.2) is 0 Å². The van der Waals surface area contributed by atoms with Crippen LogP contribution < -0.4 is 0 Å². The number of hydrogen-bond donors (Lipinski definition) is 0. The molecule has 0 spiro atoms. The SMILES string of the molecule is C=C1CN(C)Cc2ccc3c(c21)C(=C)CN(C)C3. The molecule has 94 valence electrons. The van der Waals surface area contributed by atoms with Crippen LogP contribution in [0.15, 0.2) is 25.3 Å². The van der Waals surface area contributed by atoms with E-state index in [1.54, 1.807) is 0 Å². The lowest BCUT2D eigenvalue weighted by molar-refractivity contribution is 0.351. The Morgan fingerprint density at radius 1 is 0.778 bits per heavy atom. The first-order valence-corrected chi connectivity index (χ1v) is 6.44. The molecule has 2 heteroatoms. The molecule has 0 atom stereocenters. The van der Waals surface area contributed by atoms with Gasteiger partial charge in [0.1, 0.15) is 0 Å². The Bertz CT molecular complexity index is 493. The monoisotopic (exact) mass is 240 g/mol. The van der Waals surface area contributed by atoms with Gasteiger partial charge in [-0.1, -0.05) is 25.3 Å². The van der Waals surface area contributed by atoms with E-state index >= 15 is 0 Å². The largest absolute Gasteiger partial charge is 0.298 e. The van der Waals surface area contributed by atoms with Crippen LogP contribution in [0.4, 0.5) is 0 Å². The van der Waals surface area contributed by atoms with E-state index in [1.807, 2.05) is 0 Å². The first-order valence-electron chi connectivity index (χ1n) is 6.44. The van der Waals surface area contributed by atoms with E-state index in [4.69, 9.17) is 0 Å². The molecule has 0 aromatic heterocycles. The average Bonchev–Trinajstić information content (AvgIpc) is 2.28. The Kier molecular flexibility index (Phi) is 2.65. The normalized spacial score (nSPS) is 20.8. The number of fused-ring (bicyclic) bond motifs is 3. The van der Waals surface area contributed by atoms with E-state index in [2.05, 4.69) is 49.2 Å². The summed E-state index contributed by atoms with van der Waals surface area (Å²) in [5.41, 5.74) is 8.03. The van der Waals surface area contributed by atoms with E-state index < -0.39 is 0 Å². The smallest absolute Gasteiger partial charge is 0.0240 e. The molecule has 3 rings (SSSR count). The standard InChI is InChI=1S/C16H20N2/c1-11-7-17(3)9-13-5-6-14-10-18(4)8-12(2)16(14)15(11)13/h5-6H,1-2,7-10H2,3-4H3. The minimum atomic E-state index is 0.965. The Morgan fingerprint density at radius 2 is 1.17 bits per heavy atom. The molecule has 0 bridgehead atoms. The Balaban J connectivity index is 2.19. The molecule has 0 fully saturated rings. The van der Waals surface area contributed by atoms with Crippen molar-refractivity contribution in [1.29, 1.82) is 0 Å². The fourth-order valence-electron chi connectivity index (χ4n) is 3.26. The van der Waals surface area contributed by atoms with Crippen LogP contribution in [0.3, 0.4) is 0 Å². The van der Waals surface area contributed by atoms with Gasteiger partial charge in [0.15, 0.2) is 0 Å². The summed E-state index contributed by atoms with van der Waals surface area (Å²) in [6.45, 7) is 12.5. The third-order valence-corrected chi connectivity index (χ3v) is 3.89. The molecule has 2 aliphatic rings. The summed E-state index contributed by atoms with van der Waals surface area (Å²) in [6.07, 6.45) is 0. The van der Waals surface area contributed by atoms with Crippen molar-refractivity contribution in [3.05, 3.63) is 47.5 Å². The van der Waals surface area contributed by atoms with Crippen molar-refractivity contribution in [2.75, 3.05) is 27.2 Å². The van der Waals surface area contributed by atoms with Crippen LogP contribution in [0.5, 0.6) is 0 Å². The highest BCUT2D eigenvalue weighted by molar-refractivity contribution is 5.84. The number of likely N-dealkylation sites (N-methyl/N-ethyl adjacent to an activating group) is 2. The zero-order chi connectivity index (χ0) is 12.9. The van der Waals surface area contributed by atoms with Gasteiger partial charge in [0.2, 0.25) is 0 Å². The lowest BCUT2D eigenvalue weighted by atomic mass is 9.83. The fourth-order valence-corrected chi connectivity index (χ4v) is 3.26. The lowest BCUT2D eigenvalue weighted by Crippen LogP contribution is -2.30. The maximum Gasteiger partial charge on any atom is 0.0240 e. The third kappa shape index (κ3) is 1.73. The third-order valence-electron chi connectivity index (χ3n) is 3.89. The summed E-state index contributed by atoms with van der Waals surface area (Å²) >= 11 is 0. The van der Waals surface area contributed by atoms with E-state index in [9.17, 15) is 0 Å². The van der Waals surface area contributed by atoms with Crippen molar-refractivity contribution < 1.29 is 0 Å². The molecule has 0 amide bonds. The molecular formula is C16H20N2. The summed E-state index contributed by atoms with van der Waals surface area (Å²) in [6, 6.07) is 4.53. The predicted molar refractivity (Wildman–Crippen MR) is 77.2 cm³/mol. The first kappa shape index (κ1) is 11.7. The van der Waals surface area contributed by atoms with Crippen molar-refractivity contribution in [3.63, 3.8) is 0 Å². The molecule has 2 aliphatic heterocycles. The van der Waals surface area contributed by atoms with Crippen LogP contribution in [0, 0.1) is 0 Å². The summed E-state index contributed by atoms with van der Waals surface area (Å²) in [5.74, 6) is 0. The van der Waals surface area contributed by atoms with Crippen molar-refractivity contribution in [1.82, 2.24) is 9.80 Å². The van der Waals surface area contributed by atoms with Gasteiger partial charge < -0.3 is 0 Å². The molecule has 0 unspecified atom stereocenters. The quantitative estimate of drug-likeness (QED) is 0.688. The van der Waals surface area contributed by atoms with Crippen LogP contribution in [-0.4, -0.2) is 37.0 Å². The summed E-state index contributed by atoms with van der Waals surface area (Å²) in [7, 11) is 4.30. The molecular weight excluding hydrogens is 220 g/mol. The summed E-state index contributed by atoms with van der Waals surface area (Å²) in [4.78, 5) is 4.63. The molecule has 0 radical (unpaired) electrons. The number of hydrogen-bond acceptors (Lipinski definition) is 2. The van der Waals surface area contributed by atoms with Crippen LogP contribution in [0.1, 0.15) is 22.3 Å². The Labute approximate surface area is 109 Å². The molecule has 1 aromatic rings. The van der Waals surface area contributed by atoms with Crippen molar-refractivity contribution in [2.24, 2.45) is 0 Å². The number of nitrogens with zero attached hydrogens (tertiary/aromatic N) is 2. The molecule has 18 heavy (non-hydrogen) atoms. The highest BCUT2D eigenvalue weighted by Gasteiger charge is 2.25. The second-order valence-corrected chi connectivity index (χ2v) is 5.69. The van der Waals surface area contributed by atoms with Gasteiger partial charge in [0.25, 0.3) is 0 Å². The molecule has 2 heterocycles. The highest BCUT2D eigenvalue weighted by Crippen LogP contribution is 2.37. The molecule has 2 nitrogen and oxygen atoms in total. The van der Waals surface area contributed by atoms with Crippen molar-refractivity contribution in [3.8, 4) is 0 Å². The maximum atomic E-state index is 4.27. The van der Waals surface area contributed by atoms with E-state index in [1.165, 1.54) is 33.4 Å². The van der Waals surface area contributed by atoms with Crippen LogP contribution in [0.2, 0.25) is 0 Å². The highest BCUT2D eigenvalue weighted by atomic mass is 15.1. The molecule has 0 N–H and O–H groups in total. The van der Waals surface area contributed by atoms with Gasteiger partial charge >= 0.3 is 0 Å². The maximum absolute atomic E-state index is 4.27. The zero-order valence-corrected chi connectivity index (χ0v) is 11.3. The van der Waals surface area contributed by atoms with E-state index in [0.717, 1.165) is 26.2 Å². The van der Waals surface area contributed by atoms with E-state index in [0.29, 0.717) is 0 Å². The Hall–Kier alpha value is -1.38. The van der Waals surface area contributed by atoms with Gasteiger partial charge in [-0.05, 0) is 47.5 Å². The minimum absolute atomic E-state index is 0.965. The predicted octanol–water partition coefficient (Wildman–Crippen LogP) is 2.60. The molecule has 0 saturated heterocycles. The Morgan fingerprint density at radius 3 is 1.56 bits per heavy atom. The van der Waals surface area contributed by atoms with Gasteiger partial charge in [-0.2, -0.15) is 0 Å². The van der Waals surface area contributed by atoms with Crippen molar-refractivity contribution >= 4 is 11.1 Å². The minimum Gasteiger partial charge on any atom is -0.298 e. The number of benzene rings is 1. The molecule has 1 aromatic carbocycles. The zero-order valence-electron chi connectivity index (χ0n) is 11.3. The second kappa shape index (κ2) is 4.08. The van der Waals surface area contributed by atoms with Gasteiger partial charge in [0.05, 0.1) is 0 Å². The van der Waals surface area contributed by atoms with Crippen LogP contribution in [-0.2, 0) is 13.1 Å². The second-order valence-electron chi connectivity index (χ2n) is 5.69. The molecule has 0 aliphatic carbocycles.